The summed E-state index contributed by atoms with van der Waals surface area (Å²) in [6, 6.07) is 16.5. The number of hydrogen-bond acceptors (Lipinski definition) is 8. The molecule has 2 aromatic carbocycles. The normalized spacial score (nSPS) is 10.7. The minimum Gasteiger partial charge on any atom is -0.378 e. The Kier molecular flexibility index (Phi) is 6.24. The molecule has 2 heterocycles. The van der Waals surface area contributed by atoms with Gasteiger partial charge in [0.05, 0.1) is 17.4 Å². The van der Waals surface area contributed by atoms with E-state index < -0.39 is 16.9 Å². The van der Waals surface area contributed by atoms with Crippen molar-refractivity contribution in [1.82, 2.24) is 14.9 Å². The molecule has 9 nitrogen and oxygen atoms in total. The molecule has 4 aromatic rings. The minimum absolute atomic E-state index is 0.213. The monoisotopic (exact) mass is 455 g/mol. The van der Waals surface area contributed by atoms with E-state index in [0.29, 0.717) is 23.6 Å². The highest BCUT2D eigenvalue weighted by Crippen LogP contribution is 2.26. The molecule has 0 spiro atoms. The van der Waals surface area contributed by atoms with Crippen molar-refractivity contribution in [2.75, 3.05) is 10.0 Å². The molecule has 158 valence electrons. The van der Waals surface area contributed by atoms with Gasteiger partial charge < -0.3 is 10.2 Å². The van der Waals surface area contributed by atoms with E-state index in [2.05, 4.69) is 20.1 Å². The molecule has 0 bridgehead atoms. The lowest BCUT2D eigenvalue weighted by Crippen LogP contribution is -2.20. The second kappa shape index (κ2) is 9.41. The Morgan fingerprint density at radius 3 is 2.55 bits per heavy atom. The molecule has 0 saturated heterocycles. The zero-order valence-electron chi connectivity index (χ0n) is 16.0. The van der Waals surface area contributed by atoms with Crippen molar-refractivity contribution in [1.29, 1.82) is 0 Å². The fraction of sp³-hybridized carbons (Fsp3) is 0.0500. The van der Waals surface area contributed by atoms with E-state index in [1.165, 1.54) is 11.3 Å². The summed E-state index contributed by atoms with van der Waals surface area (Å²) in [5.41, 5.74) is 5.33. The zero-order valence-corrected chi connectivity index (χ0v) is 17.7. The van der Waals surface area contributed by atoms with Gasteiger partial charge in [0.15, 0.2) is 5.69 Å². The van der Waals surface area contributed by atoms with E-state index in [4.69, 9.17) is 4.84 Å². The Bertz CT molecular complexity index is 1230. The third kappa shape index (κ3) is 5.27. The van der Waals surface area contributed by atoms with Crippen LogP contribution in [-0.4, -0.2) is 29.3 Å². The number of hydrogen-bond donors (Lipinski definition) is 3. The maximum atomic E-state index is 12.2. The van der Waals surface area contributed by atoms with Gasteiger partial charge in [-0.3, -0.25) is 4.72 Å². The van der Waals surface area contributed by atoms with Gasteiger partial charge in [0, 0.05) is 23.2 Å². The molecule has 0 atom stereocenters. The lowest BCUT2D eigenvalue weighted by atomic mass is 10.1. The molecule has 11 heteroatoms. The van der Waals surface area contributed by atoms with Gasteiger partial charge in [-0.25, -0.2) is 18.2 Å². The van der Waals surface area contributed by atoms with Crippen molar-refractivity contribution in [3.8, 4) is 11.3 Å². The topological polar surface area (TPSA) is 115 Å². The highest BCUT2D eigenvalue weighted by molar-refractivity contribution is 7.73. The molecule has 0 amide bonds. The van der Waals surface area contributed by atoms with Crippen LogP contribution in [0.3, 0.4) is 0 Å². The molecule has 0 radical (unpaired) electrons. The lowest BCUT2D eigenvalue weighted by molar-refractivity contribution is 0.0390. The molecule has 0 unspecified atom stereocenters. The number of carbonyl (C=O) groups excluding carboxylic acids is 1. The van der Waals surface area contributed by atoms with E-state index in [0.717, 1.165) is 16.0 Å². The van der Waals surface area contributed by atoms with Crippen molar-refractivity contribution in [3.05, 3.63) is 82.9 Å². The van der Waals surface area contributed by atoms with Crippen LogP contribution in [0.2, 0.25) is 0 Å². The van der Waals surface area contributed by atoms with Gasteiger partial charge in [0.1, 0.15) is 5.69 Å². The summed E-state index contributed by atoms with van der Waals surface area (Å²) in [5.74, 6) is -0.602. The summed E-state index contributed by atoms with van der Waals surface area (Å²) >= 11 is 1.30. The fourth-order valence-corrected chi connectivity index (χ4v) is 3.66. The van der Waals surface area contributed by atoms with E-state index in [-0.39, 0.29) is 5.69 Å². The Morgan fingerprint density at radius 2 is 1.87 bits per heavy atom. The van der Waals surface area contributed by atoms with Crippen molar-refractivity contribution in [2.45, 2.75) is 6.54 Å². The standard InChI is InChI=1S/C20H17N5O4S2/c26-20(18-12-30-13-22-18)29-25-11-17(19(23-25)15-4-2-1-3-5-15)21-10-14-6-8-16(9-7-14)24-31(27)28/h1-9,11-13,21,31H,10H2,(H,24,27,28). The predicted molar refractivity (Wildman–Crippen MR) is 118 cm³/mol. The average Bonchev–Trinajstić information content (AvgIpc) is 3.44. The molecule has 0 aliphatic carbocycles. The average molecular weight is 456 g/mol. The number of nitrogens with zero attached hydrogens (tertiary/aromatic N) is 3. The molecule has 31 heavy (non-hydrogen) atoms. The molecule has 0 aliphatic rings. The molecule has 0 aliphatic heterocycles. The van der Waals surface area contributed by atoms with E-state index in [9.17, 15) is 13.2 Å². The smallest absolute Gasteiger partial charge is 0.378 e. The van der Waals surface area contributed by atoms with Gasteiger partial charge in [-0.05, 0) is 17.7 Å². The lowest BCUT2D eigenvalue weighted by Gasteiger charge is -2.07. The first kappa shape index (κ1) is 20.6. The Balaban J connectivity index is 1.53. The van der Waals surface area contributed by atoms with Crippen LogP contribution < -0.4 is 14.9 Å². The molecule has 0 fully saturated rings. The van der Waals surface area contributed by atoms with Crippen LogP contribution in [0.4, 0.5) is 11.4 Å². The van der Waals surface area contributed by atoms with Crippen LogP contribution in [-0.2, 0) is 17.4 Å². The third-order valence-corrected chi connectivity index (χ3v) is 5.24. The Labute approximate surface area is 183 Å². The van der Waals surface area contributed by atoms with Gasteiger partial charge >= 0.3 is 5.97 Å². The maximum Gasteiger partial charge on any atom is 0.384 e. The molecular weight excluding hydrogens is 438 g/mol. The van der Waals surface area contributed by atoms with Crippen LogP contribution in [0.1, 0.15) is 16.1 Å². The molecule has 2 N–H and O–H groups in total. The van der Waals surface area contributed by atoms with Crippen molar-refractivity contribution < 1.29 is 18.0 Å². The number of thiol groups is 1. The van der Waals surface area contributed by atoms with Crippen LogP contribution in [0.15, 0.2) is 71.7 Å². The van der Waals surface area contributed by atoms with Crippen LogP contribution in [0.5, 0.6) is 0 Å². The number of anilines is 2. The Hall–Kier alpha value is -3.70. The molecule has 2 aromatic heterocycles. The van der Waals surface area contributed by atoms with E-state index in [1.54, 1.807) is 29.2 Å². The summed E-state index contributed by atoms with van der Waals surface area (Å²) < 4.78 is 23.8. The highest BCUT2D eigenvalue weighted by Gasteiger charge is 2.16. The first-order valence-electron chi connectivity index (χ1n) is 9.08. The van der Waals surface area contributed by atoms with Crippen molar-refractivity contribution >= 4 is 39.6 Å². The first-order chi connectivity index (χ1) is 15.1. The number of thiazole rings is 1. The second-order valence-corrected chi connectivity index (χ2v) is 7.79. The fourth-order valence-electron chi connectivity index (χ4n) is 2.78. The van der Waals surface area contributed by atoms with E-state index in [1.807, 2.05) is 42.5 Å². The number of nitrogens with one attached hydrogen (secondary N) is 2. The van der Waals surface area contributed by atoms with Crippen LogP contribution in [0, 0.1) is 0 Å². The Morgan fingerprint density at radius 1 is 1.10 bits per heavy atom. The second-order valence-electron chi connectivity index (χ2n) is 6.33. The zero-order chi connectivity index (χ0) is 21.6. The summed E-state index contributed by atoms with van der Waals surface area (Å²) in [7, 11) is -2.70. The maximum absolute atomic E-state index is 12.2. The SMILES string of the molecule is O=C(On1cc(NCc2ccc(N[SH](=O)=O)cc2)c(-c2ccccc2)n1)c1cscn1. The number of rotatable bonds is 8. The highest BCUT2D eigenvalue weighted by atomic mass is 32.2. The number of benzene rings is 2. The van der Waals surface area contributed by atoms with Gasteiger partial charge in [-0.15, -0.1) is 16.4 Å². The molecule has 4 rings (SSSR count). The number of aromatic nitrogens is 3. The van der Waals surface area contributed by atoms with Gasteiger partial charge in [0.2, 0.25) is 10.9 Å². The third-order valence-electron chi connectivity index (χ3n) is 4.22. The van der Waals surface area contributed by atoms with Gasteiger partial charge in [0.25, 0.3) is 0 Å². The van der Waals surface area contributed by atoms with Gasteiger partial charge in [-0.2, -0.15) is 0 Å². The quantitative estimate of drug-likeness (QED) is 0.350. The van der Waals surface area contributed by atoms with Crippen molar-refractivity contribution in [2.24, 2.45) is 0 Å². The number of carbonyl (C=O) groups is 1. The summed E-state index contributed by atoms with van der Waals surface area (Å²) in [6.07, 6.45) is 1.59. The minimum atomic E-state index is -2.70. The summed E-state index contributed by atoms with van der Waals surface area (Å²) in [6.45, 7) is 0.454. The van der Waals surface area contributed by atoms with Crippen LogP contribution in [0.25, 0.3) is 11.3 Å². The summed E-state index contributed by atoms with van der Waals surface area (Å²) in [4.78, 5) is 22.6. The van der Waals surface area contributed by atoms with E-state index >= 15 is 0 Å². The van der Waals surface area contributed by atoms with Crippen LogP contribution >= 0.6 is 11.3 Å². The van der Waals surface area contributed by atoms with Gasteiger partial charge in [-0.1, -0.05) is 47.3 Å². The molecule has 0 saturated carbocycles. The largest absolute Gasteiger partial charge is 0.384 e. The predicted octanol–water partition coefficient (Wildman–Crippen LogP) is 2.83. The molecular formula is C20H17N5O4S2. The van der Waals surface area contributed by atoms with Crippen molar-refractivity contribution in [3.63, 3.8) is 0 Å². The summed E-state index contributed by atoms with van der Waals surface area (Å²) in [5, 5.41) is 9.29. The first-order valence-corrected chi connectivity index (χ1v) is 11.2.